The predicted molar refractivity (Wildman–Crippen MR) is 148 cm³/mol. The zero-order chi connectivity index (χ0) is 27.8. The molecule has 0 spiro atoms. The highest BCUT2D eigenvalue weighted by molar-refractivity contribution is 8.00. The lowest BCUT2D eigenvalue weighted by atomic mass is 9.87. The third kappa shape index (κ3) is 5.62. The first-order chi connectivity index (χ1) is 17.9. The van der Waals surface area contributed by atoms with Crippen molar-refractivity contribution >= 4 is 29.4 Å². The quantitative estimate of drug-likeness (QED) is 0.427. The number of nitrogens with one attached hydrogen (secondary N) is 1. The lowest BCUT2D eigenvalue weighted by molar-refractivity contribution is -0.123. The van der Waals surface area contributed by atoms with Crippen molar-refractivity contribution in [1.82, 2.24) is 15.1 Å². The monoisotopic (exact) mass is 540 g/mol. The molecule has 2 unspecified atom stereocenters. The second-order valence-corrected chi connectivity index (χ2v) is 11.9. The van der Waals surface area contributed by atoms with Crippen LogP contribution in [0.1, 0.15) is 68.7 Å². The molecule has 0 aliphatic carbocycles. The number of amides is 2. The first-order valence-corrected chi connectivity index (χ1v) is 13.8. The molecule has 0 bridgehead atoms. The van der Waals surface area contributed by atoms with Gasteiger partial charge in [-0.1, -0.05) is 51.5 Å². The molecule has 3 aromatic rings. The highest BCUT2D eigenvalue weighted by atomic mass is 32.2. The van der Waals surface area contributed by atoms with E-state index in [1.54, 1.807) is 4.68 Å². The summed E-state index contributed by atoms with van der Waals surface area (Å²) in [5.41, 5.74) is 2.89. The van der Waals surface area contributed by atoms with Crippen LogP contribution in [0.15, 0.2) is 42.5 Å². The smallest absolute Gasteiger partial charge is 0.240 e. The van der Waals surface area contributed by atoms with Crippen molar-refractivity contribution in [3.63, 3.8) is 0 Å². The van der Waals surface area contributed by atoms with Crippen LogP contribution in [0, 0.1) is 18.6 Å². The number of aryl methyl sites for hydroxylation is 1. The Kier molecular flexibility index (Phi) is 7.97. The maximum absolute atomic E-state index is 15.2. The lowest BCUT2D eigenvalue weighted by Crippen LogP contribution is -2.44. The molecular formula is C29H34F2N4O2S. The standard InChI is InChI=1S/C29H34F2N4O2S/c1-7-18(3)32-23(36)15-34-24(37)16-38-26(21-13-10-19(30)14-22(21)31)25-27(29(4,5)6)33-35(28(25)34)20-11-8-17(2)9-12-20/h8-14,18,26H,7,15-16H2,1-6H3,(H,32,36). The van der Waals surface area contributed by atoms with Gasteiger partial charge >= 0.3 is 0 Å². The molecule has 1 aromatic heterocycles. The van der Waals surface area contributed by atoms with Gasteiger partial charge in [-0.3, -0.25) is 14.5 Å². The minimum atomic E-state index is -0.688. The van der Waals surface area contributed by atoms with Gasteiger partial charge in [-0.2, -0.15) is 5.10 Å². The van der Waals surface area contributed by atoms with Crippen molar-refractivity contribution in [2.24, 2.45) is 0 Å². The summed E-state index contributed by atoms with van der Waals surface area (Å²) in [5, 5.41) is 7.28. The highest BCUT2D eigenvalue weighted by Crippen LogP contribution is 2.49. The molecule has 0 saturated carbocycles. The lowest BCUT2D eigenvalue weighted by Gasteiger charge is -2.25. The number of halogens is 2. The molecule has 202 valence electrons. The Morgan fingerprint density at radius 1 is 1.18 bits per heavy atom. The topological polar surface area (TPSA) is 67.2 Å². The number of nitrogens with zero attached hydrogens (tertiary/aromatic N) is 3. The minimum Gasteiger partial charge on any atom is -0.352 e. The second-order valence-electron chi connectivity index (χ2n) is 10.8. The van der Waals surface area contributed by atoms with E-state index in [0.29, 0.717) is 22.8 Å². The predicted octanol–water partition coefficient (Wildman–Crippen LogP) is 5.84. The Morgan fingerprint density at radius 3 is 2.47 bits per heavy atom. The van der Waals surface area contributed by atoms with Crippen LogP contribution in [0.2, 0.25) is 0 Å². The van der Waals surface area contributed by atoms with E-state index >= 15 is 4.39 Å². The first kappa shape index (κ1) is 27.8. The van der Waals surface area contributed by atoms with Gasteiger partial charge in [0.1, 0.15) is 24.0 Å². The largest absolute Gasteiger partial charge is 0.352 e. The highest BCUT2D eigenvalue weighted by Gasteiger charge is 2.40. The fourth-order valence-corrected chi connectivity index (χ4v) is 5.68. The number of fused-ring (bicyclic) bond motifs is 1. The SMILES string of the molecule is CCC(C)NC(=O)CN1C(=O)CSC(c2ccc(F)cc2F)c2c(C(C)(C)C)nn(-c3ccc(C)cc3)c21. The van der Waals surface area contributed by atoms with E-state index in [-0.39, 0.29) is 35.7 Å². The van der Waals surface area contributed by atoms with Crippen LogP contribution in [-0.2, 0) is 15.0 Å². The molecule has 4 rings (SSSR count). The summed E-state index contributed by atoms with van der Waals surface area (Å²) in [5.74, 6) is -1.48. The first-order valence-electron chi connectivity index (χ1n) is 12.8. The molecule has 6 nitrogen and oxygen atoms in total. The number of hydrogen-bond acceptors (Lipinski definition) is 4. The summed E-state index contributed by atoms with van der Waals surface area (Å²) in [6.07, 6.45) is 0.752. The zero-order valence-corrected chi connectivity index (χ0v) is 23.5. The van der Waals surface area contributed by atoms with E-state index in [1.807, 2.05) is 65.8 Å². The summed E-state index contributed by atoms with van der Waals surface area (Å²) in [4.78, 5) is 28.1. The maximum atomic E-state index is 15.2. The van der Waals surface area contributed by atoms with E-state index in [2.05, 4.69) is 5.32 Å². The summed E-state index contributed by atoms with van der Waals surface area (Å²) in [6, 6.07) is 11.2. The summed E-state index contributed by atoms with van der Waals surface area (Å²) in [6.45, 7) is 11.7. The third-order valence-electron chi connectivity index (χ3n) is 6.64. The van der Waals surface area contributed by atoms with E-state index in [0.717, 1.165) is 18.1 Å². The molecule has 1 N–H and O–H groups in total. The van der Waals surface area contributed by atoms with Gasteiger partial charge in [0.25, 0.3) is 0 Å². The number of hydrogen-bond donors (Lipinski definition) is 1. The molecule has 1 aliphatic rings. The Bertz CT molecular complexity index is 1350. The minimum absolute atomic E-state index is 0.0181. The van der Waals surface area contributed by atoms with Crippen molar-refractivity contribution in [3.8, 4) is 5.69 Å². The van der Waals surface area contributed by atoms with Crippen LogP contribution < -0.4 is 10.2 Å². The molecule has 0 saturated heterocycles. The number of thioether (sulfide) groups is 1. The van der Waals surface area contributed by atoms with Crippen LogP contribution in [0.3, 0.4) is 0 Å². The van der Waals surface area contributed by atoms with E-state index in [1.165, 1.54) is 28.8 Å². The van der Waals surface area contributed by atoms with Crippen molar-refractivity contribution in [1.29, 1.82) is 0 Å². The van der Waals surface area contributed by atoms with Crippen LogP contribution in [0.5, 0.6) is 0 Å². The molecule has 1 aliphatic heterocycles. The number of aromatic nitrogens is 2. The van der Waals surface area contributed by atoms with Crippen LogP contribution in [0.25, 0.3) is 5.69 Å². The fraction of sp³-hybridized carbons (Fsp3) is 0.414. The van der Waals surface area contributed by atoms with Crippen molar-refractivity contribution in [3.05, 3.63) is 76.5 Å². The Labute approximate surface area is 226 Å². The van der Waals surface area contributed by atoms with Gasteiger partial charge in [0.15, 0.2) is 0 Å². The van der Waals surface area contributed by atoms with Gasteiger partial charge < -0.3 is 5.32 Å². The molecule has 2 amide bonds. The Morgan fingerprint density at radius 2 is 1.87 bits per heavy atom. The number of carbonyl (C=O) groups excluding carboxylic acids is 2. The van der Waals surface area contributed by atoms with E-state index < -0.39 is 22.3 Å². The maximum Gasteiger partial charge on any atom is 0.240 e. The van der Waals surface area contributed by atoms with Crippen molar-refractivity contribution in [2.75, 3.05) is 17.2 Å². The van der Waals surface area contributed by atoms with Crippen molar-refractivity contribution < 1.29 is 18.4 Å². The third-order valence-corrected chi connectivity index (χ3v) is 7.88. The number of rotatable bonds is 6. The molecule has 2 atom stereocenters. The fourth-order valence-electron chi connectivity index (χ4n) is 4.46. The average molecular weight is 541 g/mol. The summed E-state index contributed by atoms with van der Waals surface area (Å²) in [7, 11) is 0. The van der Waals surface area contributed by atoms with Gasteiger partial charge in [-0.25, -0.2) is 13.5 Å². The second kappa shape index (κ2) is 10.9. The van der Waals surface area contributed by atoms with Gasteiger partial charge in [-0.05, 0) is 38.5 Å². The molecule has 2 aromatic carbocycles. The van der Waals surface area contributed by atoms with Gasteiger partial charge in [0, 0.05) is 28.7 Å². The van der Waals surface area contributed by atoms with Crippen LogP contribution >= 0.6 is 11.8 Å². The molecule has 38 heavy (non-hydrogen) atoms. The van der Waals surface area contributed by atoms with Gasteiger partial charge in [0.2, 0.25) is 11.8 Å². The van der Waals surface area contributed by atoms with Gasteiger partial charge in [-0.15, -0.1) is 11.8 Å². The zero-order valence-electron chi connectivity index (χ0n) is 22.6. The molecule has 0 fully saturated rings. The molecule has 9 heteroatoms. The normalized spacial score (nSPS) is 16.7. The van der Waals surface area contributed by atoms with Crippen molar-refractivity contribution in [2.45, 2.75) is 64.7 Å². The molecule has 2 heterocycles. The Hall–Kier alpha value is -3.20. The number of anilines is 1. The Balaban J connectivity index is 2.00. The van der Waals surface area contributed by atoms with Crippen LogP contribution in [0.4, 0.5) is 14.6 Å². The average Bonchev–Trinajstić information content (AvgIpc) is 3.18. The molecule has 0 radical (unpaired) electrons. The number of benzene rings is 2. The summed E-state index contributed by atoms with van der Waals surface area (Å²) < 4.78 is 30.7. The van der Waals surface area contributed by atoms with Gasteiger partial charge in [0.05, 0.1) is 22.4 Å². The number of carbonyl (C=O) groups is 2. The molecular weight excluding hydrogens is 506 g/mol. The van der Waals surface area contributed by atoms with E-state index in [9.17, 15) is 14.0 Å². The summed E-state index contributed by atoms with van der Waals surface area (Å²) >= 11 is 1.26. The van der Waals surface area contributed by atoms with Crippen LogP contribution in [-0.4, -0.2) is 39.9 Å². The van der Waals surface area contributed by atoms with E-state index in [4.69, 9.17) is 5.10 Å².